The number of urea groups is 1. The van der Waals surface area contributed by atoms with Crippen molar-refractivity contribution in [1.29, 1.82) is 0 Å². The molecule has 0 spiro atoms. The zero-order chi connectivity index (χ0) is 20.1. The number of nitrogens with zero attached hydrogens (tertiary/aromatic N) is 1. The number of hydrogen-bond acceptors (Lipinski definition) is 4. The van der Waals surface area contributed by atoms with Crippen molar-refractivity contribution in [2.75, 3.05) is 13.1 Å². The summed E-state index contributed by atoms with van der Waals surface area (Å²) in [5.74, 6) is -0.210. The molecule has 1 heterocycles. The number of carbonyl (C=O) groups is 2. The van der Waals surface area contributed by atoms with Crippen molar-refractivity contribution in [3.05, 3.63) is 65.7 Å². The van der Waals surface area contributed by atoms with Crippen molar-refractivity contribution in [2.45, 2.75) is 30.7 Å². The topological polar surface area (TPSA) is 95.6 Å². The first kappa shape index (κ1) is 19.9. The third-order valence-corrected chi connectivity index (χ3v) is 6.16. The van der Waals surface area contributed by atoms with E-state index in [2.05, 4.69) is 5.32 Å². The maximum atomic E-state index is 12.7. The van der Waals surface area contributed by atoms with Gasteiger partial charge in [-0.25, -0.2) is 17.9 Å². The van der Waals surface area contributed by atoms with Gasteiger partial charge >= 0.3 is 6.03 Å². The van der Waals surface area contributed by atoms with Crippen molar-refractivity contribution in [1.82, 2.24) is 14.9 Å². The summed E-state index contributed by atoms with van der Waals surface area (Å²) in [6, 6.07) is 13.9. The van der Waals surface area contributed by atoms with E-state index < -0.39 is 22.1 Å². The summed E-state index contributed by atoms with van der Waals surface area (Å²) >= 11 is 0. The number of likely N-dealkylation sites (tertiary alicyclic amines) is 1. The van der Waals surface area contributed by atoms with Crippen LogP contribution in [-0.4, -0.2) is 44.4 Å². The maximum Gasteiger partial charge on any atom is 0.329 e. The fourth-order valence-corrected chi connectivity index (χ4v) is 4.19. The molecule has 3 rings (SSSR count). The summed E-state index contributed by atoms with van der Waals surface area (Å²) < 4.78 is 27.0. The molecule has 0 saturated carbocycles. The Morgan fingerprint density at radius 2 is 1.68 bits per heavy atom. The Balaban J connectivity index is 1.73. The molecule has 28 heavy (non-hydrogen) atoms. The number of sulfonamides is 1. The number of aryl methyl sites for hydroxylation is 1. The summed E-state index contributed by atoms with van der Waals surface area (Å²) in [7, 11) is -4.03. The Morgan fingerprint density at radius 3 is 2.29 bits per heavy atom. The van der Waals surface area contributed by atoms with Crippen LogP contribution < -0.4 is 10.0 Å². The van der Waals surface area contributed by atoms with Gasteiger partial charge in [-0.15, -0.1) is 0 Å². The van der Waals surface area contributed by atoms with E-state index in [1.54, 1.807) is 30.0 Å². The van der Waals surface area contributed by atoms with Crippen LogP contribution in [0.15, 0.2) is 59.5 Å². The number of nitrogens with one attached hydrogen (secondary N) is 2. The fraction of sp³-hybridized carbons (Fsp3) is 0.300. The van der Waals surface area contributed by atoms with Gasteiger partial charge in [0.1, 0.15) is 6.04 Å². The number of rotatable bonds is 6. The highest BCUT2D eigenvalue weighted by atomic mass is 32.2. The minimum atomic E-state index is -4.03. The predicted octanol–water partition coefficient (Wildman–Crippen LogP) is 1.83. The first-order valence-electron chi connectivity index (χ1n) is 9.08. The first-order valence-corrected chi connectivity index (χ1v) is 10.6. The molecule has 3 amide bonds. The second-order valence-corrected chi connectivity index (χ2v) is 8.42. The van der Waals surface area contributed by atoms with Crippen LogP contribution in [0.2, 0.25) is 0 Å². The minimum absolute atomic E-state index is 0.0267. The van der Waals surface area contributed by atoms with Gasteiger partial charge in [0.2, 0.25) is 5.91 Å². The molecule has 2 aromatic carbocycles. The van der Waals surface area contributed by atoms with Gasteiger partial charge in [0.25, 0.3) is 10.0 Å². The lowest BCUT2D eigenvalue weighted by Gasteiger charge is -2.34. The Morgan fingerprint density at radius 1 is 1.04 bits per heavy atom. The number of amides is 3. The lowest BCUT2D eigenvalue weighted by Crippen LogP contribution is -2.56. The van der Waals surface area contributed by atoms with Crippen molar-refractivity contribution >= 4 is 22.0 Å². The molecule has 148 valence electrons. The van der Waals surface area contributed by atoms with Crippen molar-refractivity contribution in [3.63, 3.8) is 0 Å². The van der Waals surface area contributed by atoms with Gasteiger partial charge in [-0.2, -0.15) is 0 Å². The lowest BCUT2D eigenvalue weighted by atomic mass is 10.0. The van der Waals surface area contributed by atoms with Gasteiger partial charge in [0.05, 0.1) is 4.90 Å². The van der Waals surface area contributed by atoms with Crippen molar-refractivity contribution in [3.8, 4) is 0 Å². The molecule has 2 N–H and O–H groups in total. The highest BCUT2D eigenvalue weighted by Gasteiger charge is 2.30. The molecule has 0 aliphatic carbocycles. The molecule has 2 aromatic rings. The molecule has 0 aromatic heterocycles. The van der Waals surface area contributed by atoms with Gasteiger partial charge in [-0.05, 0) is 30.5 Å². The standard InChI is InChI=1S/C20H23N3O4S/c1-15-8-5-6-11-18(15)28(26,27)22-20(25)21-17(19(24)23-12-7-13-23)14-16-9-3-2-4-10-16/h2-6,8-11,17H,7,12-14H2,1H3,(H2,21,22,25). The van der Waals surface area contributed by atoms with E-state index in [0.717, 1.165) is 12.0 Å². The molecule has 8 heteroatoms. The Bertz CT molecular complexity index is 956. The Labute approximate surface area is 164 Å². The summed E-state index contributed by atoms with van der Waals surface area (Å²) in [6.07, 6.45) is 1.21. The monoisotopic (exact) mass is 401 g/mol. The molecule has 1 unspecified atom stereocenters. The third kappa shape index (κ3) is 4.69. The zero-order valence-corrected chi connectivity index (χ0v) is 16.4. The van der Waals surface area contributed by atoms with E-state index in [1.165, 1.54) is 6.07 Å². The van der Waals surface area contributed by atoms with E-state index in [-0.39, 0.29) is 17.2 Å². The van der Waals surface area contributed by atoms with Gasteiger partial charge in [0.15, 0.2) is 0 Å². The lowest BCUT2D eigenvalue weighted by molar-refractivity contribution is -0.136. The van der Waals surface area contributed by atoms with Crippen LogP contribution in [0.1, 0.15) is 17.5 Å². The molecular weight excluding hydrogens is 378 g/mol. The fourth-order valence-electron chi connectivity index (χ4n) is 3.03. The smallest absolute Gasteiger partial charge is 0.329 e. The van der Waals surface area contributed by atoms with E-state index in [4.69, 9.17) is 0 Å². The highest BCUT2D eigenvalue weighted by molar-refractivity contribution is 7.90. The quantitative estimate of drug-likeness (QED) is 0.772. The van der Waals surface area contributed by atoms with Crippen LogP contribution in [0, 0.1) is 6.92 Å². The average molecular weight is 401 g/mol. The average Bonchev–Trinajstić information content (AvgIpc) is 2.60. The molecule has 0 radical (unpaired) electrons. The normalized spacial score (nSPS) is 14.7. The molecule has 7 nitrogen and oxygen atoms in total. The van der Waals surface area contributed by atoms with Gasteiger partial charge < -0.3 is 10.2 Å². The molecular formula is C20H23N3O4S. The van der Waals surface area contributed by atoms with Crippen LogP contribution in [0.3, 0.4) is 0 Å². The van der Waals surface area contributed by atoms with Crippen molar-refractivity contribution in [2.24, 2.45) is 0 Å². The second-order valence-electron chi connectivity index (χ2n) is 6.77. The molecule has 1 atom stereocenters. The Kier molecular flexibility index (Phi) is 5.99. The van der Waals surface area contributed by atoms with Crippen LogP contribution in [0.25, 0.3) is 0 Å². The van der Waals surface area contributed by atoms with Gasteiger partial charge in [-0.3, -0.25) is 4.79 Å². The maximum absolute atomic E-state index is 12.7. The van der Waals surface area contributed by atoms with Gasteiger partial charge in [0, 0.05) is 19.5 Å². The molecule has 1 saturated heterocycles. The number of hydrogen-bond donors (Lipinski definition) is 2. The molecule has 1 aliphatic heterocycles. The first-order chi connectivity index (χ1) is 13.4. The third-order valence-electron chi connectivity index (χ3n) is 4.66. The SMILES string of the molecule is Cc1ccccc1S(=O)(=O)NC(=O)NC(Cc1ccccc1)C(=O)N1CCC1. The summed E-state index contributed by atoms with van der Waals surface area (Å²) in [4.78, 5) is 26.8. The van der Waals surface area contributed by atoms with Crippen LogP contribution in [0.5, 0.6) is 0 Å². The molecule has 1 aliphatic rings. The summed E-state index contributed by atoms with van der Waals surface area (Å²) in [5, 5.41) is 2.54. The van der Waals surface area contributed by atoms with Crippen LogP contribution in [0.4, 0.5) is 4.79 Å². The minimum Gasteiger partial charge on any atom is -0.341 e. The molecule has 0 bridgehead atoms. The largest absolute Gasteiger partial charge is 0.341 e. The second kappa shape index (κ2) is 8.43. The van der Waals surface area contributed by atoms with Crippen molar-refractivity contribution < 1.29 is 18.0 Å². The number of carbonyl (C=O) groups excluding carboxylic acids is 2. The van der Waals surface area contributed by atoms with E-state index in [9.17, 15) is 18.0 Å². The van der Waals surface area contributed by atoms with Crippen LogP contribution in [-0.2, 0) is 21.2 Å². The summed E-state index contributed by atoms with van der Waals surface area (Å²) in [5.41, 5.74) is 1.41. The summed E-state index contributed by atoms with van der Waals surface area (Å²) in [6.45, 7) is 2.95. The zero-order valence-electron chi connectivity index (χ0n) is 15.6. The predicted molar refractivity (Wildman–Crippen MR) is 105 cm³/mol. The van der Waals surface area contributed by atoms with Gasteiger partial charge in [-0.1, -0.05) is 48.5 Å². The van der Waals surface area contributed by atoms with Crippen LogP contribution >= 0.6 is 0 Å². The Hall–Kier alpha value is -2.87. The number of benzene rings is 2. The highest BCUT2D eigenvalue weighted by Crippen LogP contribution is 2.14. The van der Waals surface area contributed by atoms with E-state index in [0.29, 0.717) is 18.7 Å². The van der Waals surface area contributed by atoms with E-state index in [1.807, 2.05) is 35.1 Å². The van der Waals surface area contributed by atoms with E-state index >= 15 is 0 Å². The molecule has 1 fully saturated rings.